The van der Waals surface area contributed by atoms with E-state index in [1.807, 2.05) is 0 Å². The van der Waals surface area contributed by atoms with Crippen LogP contribution in [0.2, 0.25) is 0 Å². The zero-order chi connectivity index (χ0) is 12.3. The van der Waals surface area contributed by atoms with Gasteiger partial charge in [-0.25, -0.2) is 4.39 Å². The lowest BCUT2D eigenvalue weighted by Gasteiger charge is -2.32. The van der Waals surface area contributed by atoms with Crippen LogP contribution in [0.25, 0.3) is 0 Å². The van der Waals surface area contributed by atoms with Crippen LogP contribution in [0.5, 0.6) is 5.75 Å². The van der Waals surface area contributed by atoms with E-state index < -0.39 is 0 Å². The van der Waals surface area contributed by atoms with E-state index in [-0.39, 0.29) is 18.0 Å². The monoisotopic (exact) mass is 237 g/mol. The van der Waals surface area contributed by atoms with Crippen molar-refractivity contribution in [1.82, 2.24) is 5.32 Å². The van der Waals surface area contributed by atoms with Gasteiger partial charge < -0.3 is 10.1 Å². The third-order valence-corrected chi connectivity index (χ3v) is 3.24. The molecular weight excluding hydrogens is 217 g/mol. The Bertz CT molecular complexity index is 380. The molecule has 94 valence electrons. The average molecular weight is 237 g/mol. The molecule has 1 N–H and O–H groups in total. The van der Waals surface area contributed by atoms with Crippen molar-refractivity contribution >= 4 is 0 Å². The maximum atomic E-state index is 13.3. The minimum atomic E-state index is -0.189. The third kappa shape index (κ3) is 2.78. The summed E-state index contributed by atoms with van der Waals surface area (Å²) in [5.74, 6) is 0.642. The summed E-state index contributed by atoms with van der Waals surface area (Å²) in [5, 5.41) is 3.47. The average Bonchev–Trinajstić information content (AvgIpc) is 2.35. The van der Waals surface area contributed by atoms with Crippen LogP contribution in [-0.2, 0) is 0 Å². The second-order valence-electron chi connectivity index (χ2n) is 4.57. The van der Waals surface area contributed by atoms with Gasteiger partial charge in [0.1, 0.15) is 17.7 Å². The molecule has 1 aromatic rings. The van der Waals surface area contributed by atoms with Crippen molar-refractivity contribution in [3.8, 4) is 5.75 Å². The van der Waals surface area contributed by atoms with Gasteiger partial charge in [-0.15, -0.1) is 0 Å². The van der Waals surface area contributed by atoms with Gasteiger partial charge in [0.05, 0.1) is 0 Å². The highest BCUT2D eigenvalue weighted by molar-refractivity contribution is 5.38. The van der Waals surface area contributed by atoms with Crippen LogP contribution in [0.4, 0.5) is 4.39 Å². The Morgan fingerprint density at radius 3 is 2.94 bits per heavy atom. The number of rotatable bonds is 4. The van der Waals surface area contributed by atoms with Crippen molar-refractivity contribution in [3.63, 3.8) is 0 Å². The number of hydrogen-bond donors (Lipinski definition) is 1. The molecule has 0 radical (unpaired) electrons. The zero-order valence-electron chi connectivity index (χ0n) is 10.5. The van der Waals surface area contributed by atoms with Gasteiger partial charge in [0.25, 0.3) is 0 Å². The molecule has 1 aliphatic rings. The van der Waals surface area contributed by atoms with Gasteiger partial charge >= 0.3 is 0 Å². The molecule has 1 aromatic carbocycles. The van der Waals surface area contributed by atoms with E-state index in [1.165, 1.54) is 6.07 Å². The molecule has 2 atom stereocenters. The van der Waals surface area contributed by atoms with Crippen LogP contribution in [-0.4, -0.2) is 12.6 Å². The minimum absolute atomic E-state index is 0.189. The first-order chi connectivity index (χ1) is 8.24. The topological polar surface area (TPSA) is 21.3 Å². The summed E-state index contributed by atoms with van der Waals surface area (Å²) in [4.78, 5) is 0. The van der Waals surface area contributed by atoms with E-state index in [1.54, 1.807) is 12.1 Å². The fourth-order valence-electron chi connectivity index (χ4n) is 2.28. The second-order valence-corrected chi connectivity index (χ2v) is 4.57. The molecule has 0 saturated heterocycles. The SMILES string of the molecule is CCCNC1CC(CC)Oc2ccc(F)cc21. The predicted octanol–water partition coefficient (Wildman–Crippen LogP) is 3.43. The molecule has 2 nitrogen and oxygen atoms in total. The van der Waals surface area contributed by atoms with E-state index in [4.69, 9.17) is 4.74 Å². The number of halogens is 1. The Balaban J connectivity index is 2.24. The van der Waals surface area contributed by atoms with Crippen molar-refractivity contribution in [2.24, 2.45) is 0 Å². The first-order valence-corrected chi connectivity index (χ1v) is 6.44. The third-order valence-electron chi connectivity index (χ3n) is 3.24. The van der Waals surface area contributed by atoms with Crippen molar-refractivity contribution in [2.45, 2.75) is 45.3 Å². The molecule has 3 heteroatoms. The lowest BCUT2D eigenvalue weighted by Crippen LogP contribution is -2.33. The molecule has 2 unspecified atom stereocenters. The van der Waals surface area contributed by atoms with E-state index >= 15 is 0 Å². The van der Waals surface area contributed by atoms with Crippen LogP contribution < -0.4 is 10.1 Å². The number of nitrogens with one attached hydrogen (secondary N) is 1. The van der Waals surface area contributed by atoms with Crippen LogP contribution in [0.15, 0.2) is 18.2 Å². The van der Waals surface area contributed by atoms with Gasteiger partial charge in [0.2, 0.25) is 0 Å². The molecule has 0 aliphatic carbocycles. The van der Waals surface area contributed by atoms with Crippen LogP contribution in [0.3, 0.4) is 0 Å². The molecule has 1 aliphatic heterocycles. The van der Waals surface area contributed by atoms with Gasteiger partial charge in [0.15, 0.2) is 0 Å². The standard InChI is InChI=1S/C14H20FNO/c1-3-7-16-13-9-11(4-2)17-14-6-5-10(15)8-12(13)14/h5-6,8,11,13,16H,3-4,7,9H2,1-2H3. The summed E-state index contributed by atoms with van der Waals surface area (Å²) in [5.41, 5.74) is 0.961. The van der Waals surface area contributed by atoms with Crippen LogP contribution in [0.1, 0.15) is 44.7 Å². The smallest absolute Gasteiger partial charge is 0.124 e. The van der Waals surface area contributed by atoms with E-state index in [9.17, 15) is 4.39 Å². The Labute approximate surface area is 102 Å². The number of benzene rings is 1. The quantitative estimate of drug-likeness (QED) is 0.866. The van der Waals surface area contributed by atoms with Gasteiger partial charge in [-0.05, 0) is 37.6 Å². The fraction of sp³-hybridized carbons (Fsp3) is 0.571. The van der Waals surface area contributed by atoms with Gasteiger partial charge in [0, 0.05) is 18.0 Å². The molecule has 0 spiro atoms. The lowest BCUT2D eigenvalue weighted by atomic mass is 9.95. The van der Waals surface area contributed by atoms with E-state index in [0.717, 1.165) is 37.1 Å². The van der Waals surface area contributed by atoms with Gasteiger partial charge in [-0.1, -0.05) is 13.8 Å². The van der Waals surface area contributed by atoms with Crippen LogP contribution >= 0.6 is 0 Å². The van der Waals surface area contributed by atoms with Crippen molar-refractivity contribution in [3.05, 3.63) is 29.6 Å². The van der Waals surface area contributed by atoms with Gasteiger partial charge in [-0.3, -0.25) is 0 Å². The number of hydrogen-bond acceptors (Lipinski definition) is 2. The summed E-state index contributed by atoms with van der Waals surface area (Å²) >= 11 is 0. The molecule has 0 saturated carbocycles. The molecule has 0 fully saturated rings. The molecule has 17 heavy (non-hydrogen) atoms. The minimum Gasteiger partial charge on any atom is -0.490 e. The lowest BCUT2D eigenvalue weighted by molar-refractivity contribution is 0.145. The summed E-state index contributed by atoms with van der Waals surface area (Å²) in [6.45, 7) is 5.21. The fourth-order valence-corrected chi connectivity index (χ4v) is 2.28. The molecule has 0 aromatic heterocycles. The highest BCUT2D eigenvalue weighted by Crippen LogP contribution is 2.35. The maximum Gasteiger partial charge on any atom is 0.124 e. The summed E-state index contributed by atoms with van der Waals surface area (Å²) in [6, 6.07) is 5.02. The second kappa shape index (κ2) is 5.50. The largest absolute Gasteiger partial charge is 0.490 e. The Hall–Kier alpha value is -1.09. The molecule has 1 heterocycles. The van der Waals surface area contributed by atoms with E-state index in [2.05, 4.69) is 19.2 Å². The van der Waals surface area contributed by atoms with Gasteiger partial charge in [-0.2, -0.15) is 0 Å². The highest BCUT2D eigenvalue weighted by atomic mass is 19.1. The van der Waals surface area contributed by atoms with Crippen molar-refractivity contribution in [2.75, 3.05) is 6.54 Å². The first-order valence-electron chi connectivity index (χ1n) is 6.44. The van der Waals surface area contributed by atoms with Crippen molar-refractivity contribution < 1.29 is 9.13 Å². The first kappa shape index (κ1) is 12.4. The van der Waals surface area contributed by atoms with Crippen molar-refractivity contribution in [1.29, 1.82) is 0 Å². The highest BCUT2D eigenvalue weighted by Gasteiger charge is 2.27. The summed E-state index contributed by atoms with van der Waals surface area (Å²) in [6.07, 6.45) is 3.23. The summed E-state index contributed by atoms with van der Waals surface area (Å²) < 4.78 is 19.1. The Kier molecular flexibility index (Phi) is 4.00. The predicted molar refractivity (Wildman–Crippen MR) is 66.8 cm³/mol. The number of ether oxygens (including phenoxy) is 1. The van der Waals surface area contributed by atoms with Crippen LogP contribution in [0, 0.1) is 5.82 Å². The molecule has 2 rings (SSSR count). The molecule has 0 amide bonds. The number of fused-ring (bicyclic) bond motifs is 1. The molecular formula is C14H20FNO. The maximum absolute atomic E-state index is 13.3. The van der Waals surface area contributed by atoms with E-state index in [0.29, 0.717) is 0 Å². The Morgan fingerprint density at radius 1 is 1.41 bits per heavy atom. The summed E-state index contributed by atoms with van der Waals surface area (Å²) in [7, 11) is 0. The zero-order valence-corrected chi connectivity index (χ0v) is 10.5. The normalized spacial score (nSPS) is 23.0. The molecule has 0 bridgehead atoms. The Morgan fingerprint density at radius 2 is 2.24 bits per heavy atom.